The van der Waals surface area contributed by atoms with Crippen molar-refractivity contribution in [3.8, 4) is 11.8 Å². The minimum Gasteiger partial charge on any atom is -0.497 e. The highest BCUT2D eigenvalue weighted by Gasteiger charge is 2.13. The van der Waals surface area contributed by atoms with Crippen molar-refractivity contribution in [2.24, 2.45) is 5.92 Å². The van der Waals surface area contributed by atoms with Gasteiger partial charge in [0.1, 0.15) is 17.5 Å². The minimum absolute atomic E-state index is 0.0281. The zero-order valence-electron chi connectivity index (χ0n) is 11.8. The van der Waals surface area contributed by atoms with Gasteiger partial charge in [-0.1, -0.05) is 25.5 Å². The number of Topliss-reactive ketones (excluding diaryl/α,β-unsaturated/α-hetero) is 1. The molecule has 0 amide bonds. The Balaban J connectivity index is 2.44. The Hall–Kier alpha value is -1.82. The molecular weight excluding hydrogens is 238 g/mol. The first-order valence-corrected chi connectivity index (χ1v) is 6.62. The molecule has 0 radical (unpaired) electrons. The van der Waals surface area contributed by atoms with Gasteiger partial charge < -0.3 is 4.74 Å². The van der Waals surface area contributed by atoms with Crippen molar-refractivity contribution in [2.75, 3.05) is 7.11 Å². The Bertz CT molecular complexity index is 445. The van der Waals surface area contributed by atoms with Crippen LogP contribution in [-0.4, -0.2) is 12.9 Å². The lowest BCUT2D eigenvalue weighted by molar-refractivity contribution is -0.119. The Kier molecular flexibility index (Phi) is 6.08. The zero-order valence-corrected chi connectivity index (χ0v) is 11.8. The van der Waals surface area contributed by atoms with Gasteiger partial charge in [-0.2, -0.15) is 5.26 Å². The molecule has 0 saturated heterocycles. The van der Waals surface area contributed by atoms with Gasteiger partial charge in [0.2, 0.25) is 0 Å². The molecule has 19 heavy (non-hydrogen) atoms. The van der Waals surface area contributed by atoms with Crippen molar-refractivity contribution in [1.29, 1.82) is 5.26 Å². The molecule has 0 saturated carbocycles. The van der Waals surface area contributed by atoms with Gasteiger partial charge in [-0.05, 0) is 43.4 Å². The van der Waals surface area contributed by atoms with Crippen LogP contribution in [0.3, 0.4) is 0 Å². The van der Waals surface area contributed by atoms with Crippen LogP contribution >= 0.6 is 0 Å². The number of ketones is 1. The summed E-state index contributed by atoms with van der Waals surface area (Å²) in [6, 6.07) is 10.1. The summed E-state index contributed by atoms with van der Waals surface area (Å²) in [6.45, 7) is 3.65. The molecule has 0 N–H and O–H groups in total. The highest BCUT2D eigenvalue weighted by Crippen LogP contribution is 2.24. The maximum atomic E-state index is 11.2. The number of methoxy groups -OCH3 is 1. The van der Waals surface area contributed by atoms with Gasteiger partial charge in [-0.3, -0.25) is 4.79 Å². The zero-order chi connectivity index (χ0) is 14.3. The number of rotatable bonds is 7. The molecule has 0 spiro atoms. The van der Waals surface area contributed by atoms with Crippen molar-refractivity contribution in [1.82, 2.24) is 0 Å². The molecule has 3 nitrogen and oxygen atoms in total. The van der Waals surface area contributed by atoms with Gasteiger partial charge in [-0.25, -0.2) is 0 Å². The number of carbonyl (C=O) groups is 1. The van der Waals surface area contributed by atoms with Crippen molar-refractivity contribution >= 4 is 5.78 Å². The first kappa shape index (κ1) is 15.2. The first-order valence-electron chi connectivity index (χ1n) is 6.62. The van der Waals surface area contributed by atoms with Crippen LogP contribution in [0.15, 0.2) is 24.3 Å². The number of ether oxygens (including phenoxy) is 1. The average molecular weight is 259 g/mol. The second-order valence-electron chi connectivity index (χ2n) is 4.90. The SMILES string of the molecule is COc1ccc(C(C)CCCC(C#N)C(C)=O)cc1. The molecular formula is C16H21NO2. The van der Waals surface area contributed by atoms with E-state index in [2.05, 4.69) is 25.1 Å². The van der Waals surface area contributed by atoms with E-state index in [0.717, 1.165) is 18.6 Å². The summed E-state index contributed by atoms with van der Waals surface area (Å²) in [5.74, 6) is 0.817. The summed E-state index contributed by atoms with van der Waals surface area (Å²) in [4.78, 5) is 11.2. The van der Waals surface area contributed by atoms with E-state index in [1.54, 1.807) is 7.11 Å². The first-order chi connectivity index (χ1) is 9.08. The average Bonchev–Trinajstić information content (AvgIpc) is 2.43. The maximum absolute atomic E-state index is 11.2. The number of nitrogens with zero attached hydrogens (tertiary/aromatic N) is 1. The number of carbonyl (C=O) groups excluding carboxylic acids is 1. The molecule has 1 aromatic carbocycles. The van der Waals surface area contributed by atoms with Gasteiger partial charge >= 0.3 is 0 Å². The van der Waals surface area contributed by atoms with E-state index in [1.165, 1.54) is 12.5 Å². The maximum Gasteiger partial charge on any atom is 0.146 e. The predicted octanol–water partition coefficient (Wildman–Crippen LogP) is 3.70. The molecule has 0 aliphatic heterocycles. The lowest BCUT2D eigenvalue weighted by atomic mass is 9.92. The van der Waals surface area contributed by atoms with Crippen LogP contribution in [0, 0.1) is 17.2 Å². The van der Waals surface area contributed by atoms with Crippen LogP contribution in [0.4, 0.5) is 0 Å². The molecule has 1 rings (SSSR count). The molecule has 0 aromatic heterocycles. The summed E-state index contributed by atoms with van der Waals surface area (Å²) < 4.78 is 5.13. The molecule has 102 valence electrons. The third-order valence-electron chi connectivity index (χ3n) is 3.46. The Morgan fingerprint density at radius 1 is 1.32 bits per heavy atom. The fourth-order valence-electron chi connectivity index (χ4n) is 2.09. The van der Waals surface area contributed by atoms with E-state index >= 15 is 0 Å². The topological polar surface area (TPSA) is 50.1 Å². The van der Waals surface area contributed by atoms with Crippen molar-refractivity contribution < 1.29 is 9.53 Å². The molecule has 2 unspecified atom stereocenters. The van der Waals surface area contributed by atoms with Crippen LogP contribution in [0.25, 0.3) is 0 Å². The second-order valence-corrected chi connectivity index (χ2v) is 4.90. The fourth-order valence-corrected chi connectivity index (χ4v) is 2.09. The van der Waals surface area contributed by atoms with Crippen LogP contribution < -0.4 is 4.74 Å². The highest BCUT2D eigenvalue weighted by molar-refractivity contribution is 5.80. The molecule has 0 heterocycles. The summed E-state index contributed by atoms with van der Waals surface area (Å²) in [5, 5.41) is 8.85. The summed E-state index contributed by atoms with van der Waals surface area (Å²) in [7, 11) is 1.65. The third kappa shape index (κ3) is 4.75. The number of nitriles is 1. The number of hydrogen-bond donors (Lipinski definition) is 0. The molecule has 0 aliphatic rings. The van der Waals surface area contributed by atoms with Gasteiger partial charge in [0, 0.05) is 0 Å². The lowest BCUT2D eigenvalue weighted by Gasteiger charge is -2.13. The van der Waals surface area contributed by atoms with Crippen LogP contribution in [0.5, 0.6) is 5.75 Å². The largest absolute Gasteiger partial charge is 0.497 e. The molecule has 3 heteroatoms. The summed E-state index contributed by atoms with van der Waals surface area (Å²) >= 11 is 0. The molecule has 0 bridgehead atoms. The Morgan fingerprint density at radius 3 is 2.42 bits per heavy atom. The van der Waals surface area contributed by atoms with E-state index < -0.39 is 5.92 Å². The third-order valence-corrected chi connectivity index (χ3v) is 3.46. The number of benzene rings is 1. The van der Waals surface area contributed by atoms with Crippen molar-refractivity contribution in [2.45, 2.75) is 39.0 Å². The Morgan fingerprint density at radius 2 is 1.95 bits per heavy atom. The van der Waals surface area contributed by atoms with Gasteiger partial charge in [0.25, 0.3) is 0 Å². The van der Waals surface area contributed by atoms with Crippen LogP contribution in [-0.2, 0) is 4.79 Å². The van der Waals surface area contributed by atoms with E-state index in [9.17, 15) is 4.79 Å². The van der Waals surface area contributed by atoms with Crippen molar-refractivity contribution in [3.63, 3.8) is 0 Å². The fraction of sp³-hybridized carbons (Fsp3) is 0.500. The predicted molar refractivity (Wildman–Crippen MR) is 75.0 cm³/mol. The van der Waals surface area contributed by atoms with Crippen molar-refractivity contribution in [3.05, 3.63) is 29.8 Å². The number of hydrogen-bond acceptors (Lipinski definition) is 3. The molecule has 1 aromatic rings. The van der Waals surface area contributed by atoms with E-state index in [1.807, 2.05) is 12.1 Å². The second kappa shape index (κ2) is 7.58. The van der Waals surface area contributed by atoms with Gasteiger partial charge in [-0.15, -0.1) is 0 Å². The minimum atomic E-state index is -0.442. The molecule has 0 fully saturated rings. The van der Waals surface area contributed by atoms with E-state index in [4.69, 9.17) is 10.00 Å². The Labute approximate surface area is 115 Å². The molecule has 2 atom stereocenters. The lowest BCUT2D eigenvalue weighted by Crippen LogP contribution is -2.08. The normalized spacial score (nSPS) is 13.4. The summed E-state index contributed by atoms with van der Waals surface area (Å²) in [5.41, 5.74) is 1.26. The monoisotopic (exact) mass is 259 g/mol. The van der Waals surface area contributed by atoms with E-state index in [-0.39, 0.29) is 5.78 Å². The molecule has 0 aliphatic carbocycles. The van der Waals surface area contributed by atoms with E-state index in [0.29, 0.717) is 12.3 Å². The quantitative estimate of drug-likeness (QED) is 0.750. The highest BCUT2D eigenvalue weighted by atomic mass is 16.5. The van der Waals surface area contributed by atoms with Gasteiger partial charge in [0.15, 0.2) is 0 Å². The smallest absolute Gasteiger partial charge is 0.146 e. The summed E-state index contributed by atoms with van der Waals surface area (Å²) in [6.07, 6.45) is 2.54. The van der Waals surface area contributed by atoms with Crippen LogP contribution in [0.1, 0.15) is 44.6 Å². The van der Waals surface area contributed by atoms with Crippen LogP contribution in [0.2, 0.25) is 0 Å². The van der Waals surface area contributed by atoms with Gasteiger partial charge in [0.05, 0.1) is 13.2 Å². The standard InChI is InChI=1S/C16H21NO2/c1-12(5-4-6-15(11-17)13(2)18)14-7-9-16(19-3)10-8-14/h7-10,12,15H,4-6H2,1-3H3.